The van der Waals surface area contributed by atoms with Crippen LogP contribution in [0, 0.1) is 5.92 Å². The van der Waals surface area contributed by atoms with Crippen LogP contribution in [0.1, 0.15) is 41.6 Å². The summed E-state index contributed by atoms with van der Waals surface area (Å²) in [5, 5.41) is 9.11. The molecule has 0 bridgehead atoms. The zero-order valence-electron chi connectivity index (χ0n) is 15.9. The Morgan fingerprint density at radius 1 is 1.00 bits per heavy atom. The second-order valence-electron chi connectivity index (χ2n) is 7.30. The fourth-order valence-corrected chi connectivity index (χ4v) is 4.04. The summed E-state index contributed by atoms with van der Waals surface area (Å²) in [5.41, 5.74) is 3.26. The number of hydrogen-bond donors (Lipinski definition) is 1. The van der Waals surface area contributed by atoms with Gasteiger partial charge >= 0.3 is 5.97 Å². The zero-order valence-corrected chi connectivity index (χ0v) is 15.9. The van der Waals surface area contributed by atoms with E-state index in [0.29, 0.717) is 30.5 Å². The number of nitrogens with zero attached hydrogens (tertiary/aromatic N) is 1. The Morgan fingerprint density at radius 3 is 2.41 bits per heavy atom. The summed E-state index contributed by atoms with van der Waals surface area (Å²) < 4.78 is 0. The minimum Gasteiger partial charge on any atom is -0.478 e. The number of anilines is 1. The maximum atomic E-state index is 13.0. The van der Waals surface area contributed by atoms with E-state index < -0.39 is 5.97 Å². The van der Waals surface area contributed by atoms with Crippen LogP contribution < -0.4 is 4.90 Å². The summed E-state index contributed by atoms with van der Waals surface area (Å²) in [4.78, 5) is 38.5. The maximum absolute atomic E-state index is 13.0. The van der Waals surface area contributed by atoms with Crippen LogP contribution in [0.15, 0.2) is 71.9 Å². The van der Waals surface area contributed by atoms with Crippen molar-refractivity contribution in [2.45, 2.75) is 25.7 Å². The molecule has 0 fully saturated rings. The van der Waals surface area contributed by atoms with Gasteiger partial charge in [-0.2, -0.15) is 0 Å². The number of benzene rings is 2. The van der Waals surface area contributed by atoms with Gasteiger partial charge in [0.15, 0.2) is 5.78 Å². The normalized spacial score (nSPS) is 19.6. The number of allylic oxidation sites excluding steroid dienone is 3. The van der Waals surface area contributed by atoms with E-state index in [1.54, 1.807) is 17.0 Å². The fourth-order valence-electron chi connectivity index (χ4n) is 4.04. The Morgan fingerprint density at radius 2 is 1.72 bits per heavy atom. The van der Waals surface area contributed by atoms with E-state index in [-0.39, 0.29) is 29.6 Å². The molecule has 0 aromatic heterocycles. The summed E-state index contributed by atoms with van der Waals surface area (Å²) in [5.74, 6) is -1.24. The summed E-state index contributed by atoms with van der Waals surface area (Å²) in [6.07, 6.45) is 5.99. The molecule has 1 amide bonds. The summed E-state index contributed by atoms with van der Waals surface area (Å²) in [6.45, 7) is 0. The van der Waals surface area contributed by atoms with E-state index in [4.69, 9.17) is 5.11 Å². The van der Waals surface area contributed by atoms with Crippen LogP contribution >= 0.6 is 0 Å². The SMILES string of the molecule is O=C1CCCC2=C1C(/C=C/c1ccccc1)CC(=O)N2c1ccc(C(=O)O)cc1. The number of amides is 1. The monoisotopic (exact) mass is 387 g/mol. The van der Waals surface area contributed by atoms with Crippen molar-refractivity contribution in [2.24, 2.45) is 5.92 Å². The molecular weight excluding hydrogens is 366 g/mol. The number of carboxylic acid groups (broad SMARTS) is 1. The molecule has 1 heterocycles. The predicted molar refractivity (Wildman–Crippen MR) is 110 cm³/mol. The molecule has 0 radical (unpaired) electrons. The largest absolute Gasteiger partial charge is 0.478 e. The van der Waals surface area contributed by atoms with Crippen molar-refractivity contribution in [3.63, 3.8) is 0 Å². The van der Waals surface area contributed by atoms with Gasteiger partial charge in [-0.1, -0.05) is 42.5 Å². The second-order valence-corrected chi connectivity index (χ2v) is 7.30. The van der Waals surface area contributed by atoms with Gasteiger partial charge < -0.3 is 5.11 Å². The lowest BCUT2D eigenvalue weighted by atomic mass is 9.80. The summed E-state index contributed by atoms with van der Waals surface area (Å²) in [6, 6.07) is 16.0. The molecule has 0 saturated heterocycles. The van der Waals surface area contributed by atoms with Crippen molar-refractivity contribution in [3.8, 4) is 0 Å². The molecule has 1 N–H and O–H groups in total. The lowest BCUT2D eigenvalue weighted by molar-refractivity contribution is -0.120. The number of carbonyl (C=O) groups excluding carboxylic acids is 2. The van der Waals surface area contributed by atoms with Crippen LogP contribution in [0.4, 0.5) is 5.69 Å². The first-order chi connectivity index (χ1) is 14.0. The van der Waals surface area contributed by atoms with E-state index >= 15 is 0 Å². The third-order valence-corrected chi connectivity index (χ3v) is 5.41. The minimum absolute atomic E-state index is 0.0794. The van der Waals surface area contributed by atoms with Gasteiger partial charge in [-0.15, -0.1) is 0 Å². The average Bonchev–Trinajstić information content (AvgIpc) is 2.73. The topological polar surface area (TPSA) is 74.7 Å². The first kappa shape index (κ1) is 18.9. The lowest BCUT2D eigenvalue weighted by Gasteiger charge is -2.37. The predicted octanol–water partition coefficient (Wildman–Crippen LogP) is 4.46. The van der Waals surface area contributed by atoms with E-state index in [1.807, 2.05) is 42.5 Å². The molecule has 2 aromatic carbocycles. The minimum atomic E-state index is -1.01. The number of hydrogen-bond acceptors (Lipinski definition) is 3. The molecule has 5 nitrogen and oxygen atoms in total. The molecule has 2 aliphatic rings. The van der Waals surface area contributed by atoms with Crippen molar-refractivity contribution >= 4 is 29.4 Å². The molecule has 1 unspecified atom stereocenters. The van der Waals surface area contributed by atoms with Crippen molar-refractivity contribution in [3.05, 3.63) is 83.1 Å². The summed E-state index contributed by atoms with van der Waals surface area (Å²) >= 11 is 0. The number of carboxylic acids is 1. The molecule has 0 saturated carbocycles. The molecule has 1 atom stereocenters. The van der Waals surface area contributed by atoms with Crippen LogP contribution in [0.5, 0.6) is 0 Å². The number of carbonyl (C=O) groups is 3. The fraction of sp³-hybridized carbons (Fsp3) is 0.208. The first-order valence-electron chi connectivity index (χ1n) is 9.70. The van der Waals surface area contributed by atoms with E-state index in [0.717, 1.165) is 11.3 Å². The van der Waals surface area contributed by atoms with Crippen LogP contribution in [-0.4, -0.2) is 22.8 Å². The smallest absolute Gasteiger partial charge is 0.335 e. The molecule has 29 heavy (non-hydrogen) atoms. The molecule has 5 heteroatoms. The van der Waals surface area contributed by atoms with Gasteiger partial charge in [0, 0.05) is 35.7 Å². The van der Waals surface area contributed by atoms with Gasteiger partial charge in [0.1, 0.15) is 0 Å². The van der Waals surface area contributed by atoms with Gasteiger partial charge in [-0.3, -0.25) is 14.5 Å². The highest BCUT2D eigenvalue weighted by Gasteiger charge is 2.38. The highest BCUT2D eigenvalue weighted by atomic mass is 16.4. The third kappa shape index (κ3) is 3.76. The second kappa shape index (κ2) is 7.87. The molecule has 1 aliphatic heterocycles. The number of rotatable bonds is 4. The average molecular weight is 387 g/mol. The lowest BCUT2D eigenvalue weighted by Crippen LogP contribution is -2.40. The van der Waals surface area contributed by atoms with Crippen molar-refractivity contribution < 1.29 is 19.5 Å². The van der Waals surface area contributed by atoms with E-state index in [2.05, 4.69) is 0 Å². The molecule has 1 aliphatic carbocycles. The number of aromatic carboxylic acids is 1. The quantitative estimate of drug-likeness (QED) is 0.841. The van der Waals surface area contributed by atoms with Gasteiger partial charge in [0.05, 0.1) is 5.56 Å². The van der Waals surface area contributed by atoms with Crippen LogP contribution in [0.2, 0.25) is 0 Å². The zero-order chi connectivity index (χ0) is 20.4. The van der Waals surface area contributed by atoms with E-state index in [9.17, 15) is 14.4 Å². The van der Waals surface area contributed by atoms with Gasteiger partial charge in [-0.25, -0.2) is 4.79 Å². The highest BCUT2D eigenvalue weighted by molar-refractivity contribution is 6.07. The van der Waals surface area contributed by atoms with Crippen molar-refractivity contribution in [1.29, 1.82) is 0 Å². The standard InChI is InChI=1S/C24H21NO4/c26-21-8-4-7-20-23(21)18(10-9-16-5-2-1-3-6-16)15-22(27)25(20)19-13-11-17(12-14-19)24(28)29/h1-3,5-6,9-14,18H,4,7-8,15H2,(H,28,29)/b10-9+. The number of ketones is 1. The Balaban J connectivity index is 1.72. The Kier molecular flexibility index (Phi) is 5.12. The Hall–Kier alpha value is -3.47. The van der Waals surface area contributed by atoms with Crippen LogP contribution in [0.3, 0.4) is 0 Å². The molecule has 2 aromatic rings. The van der Waals surface area contributed by atoms with Gasteiger partial charge in [0.2, 0.25) is 5.91 Å². The Bertz CT molecular complexity index is 1020. The van der Waals surface area contributed by atoms with Crippen molar-refractivity contribution in [1.82, 2.24) is 0 Å². The molecule has 4 rings (SSSR count). The van der Waals surface area contributed by atoms with Gasteiger partial charge in [0.25, 0.3) is 0 Å². The Labute approximate surface area is 169 Å². The third-order valence-electron chi connectivity index (χ3n) is 5.41. The van der Waals surface area contributed by atoms with Crippen LogP contribution in [0.25, 0.3) is 6.08 Å². The van der Waals surface area contributed by atoms with E-state index in [1.165, 1.54) is 12.1 Å². The van der Waals surface area contributed by atoms with Crippen LogP contribution in [-0.2, 0) is 9.59 Å². The first-order valence-corrected chi connectivity index (χ1v) is 9.70. The van der Waals surface area contributed by atoms with Gasteiger partial charge in [-0.05, 0) is 42.7 Å². The maximum Gasteiger partial charge on any atom is 0.335 e. The molecule has 146 valence electrons. The number of Topliss-reactive ketones (excluding diaryl/α,β-unsaturated/α-hetero) is 1. The molecular formula is C24H21NO4. The van der Waals surface area contributed by atoms with Crippen molar-refractivity contribution in [2.75, 3.05) is 4.90 Å². The molecule has 0 spiro atoms. The summed E-state index contributed by atoms with van der Waals surface area (Å²) in [7, 11) is 0. The highest BCUT2D eigenvalue weighted by Crippen LogP contribution is 2.39.